The number of rotatable bonds is 4. The summed E-state index contributed by atoms with van der Waals surface area (Å²) in [7, 11) is 0. The molecule has 1 aromatic carbocycles. The summed E-state index contributed by atoms with van der Waals surface area (Å²) in [4.78, 5) is 11.7. The molecular formula is C14H11N3OS. The first-order valence-corrected chi connectivity index (χ1v) is 6.56. The fourth-order valence-electron chi connectivity index (χ4n) is 1.23. The molecule has 0 saturated carbocycles. The lowest BCUT2D eigenvalue weighted by Gasteiger charge is -2.03. The van der Waals surface area contributed by atoms with Gasteiger partial charge in [-0.2, -0.15) is 10.5 Å². The maximum absolute atomic E-state index is 11.7. The van der Waals surface area contributed by atoms with Crippen LogP contribution in [0.2, 0.25) is 0 Å². The highest BCUT2D eigenvalue weighted by atomic mass is 32.2. The summed E-state index contributed by atoms with van der Waals surface area (Å²) < 4.78 is 0. The number of carbonyl (C=O) groups excluding carboxylic acids is 1. The van der Waals surface area contributed by atoms with Crippen LogP contribution in [0.3, 0.4) is 0 Å². The minimum Gasteiger partial charge on any atom is -0.315 e. The summed E-state index contributed by atoms with van der Waals surface area (Å²) in [5, 5.41) is 20.2. The van der Waals surface area contributed by atoms with Gasteiger partial charge in [-0.3, -0.25) is 4.79 Å². The molecule has 94 valence electrons. The molecule has 0 radical (unpaired) electrons. The SMILES string of the molecule is CSC(NC(=O)C=Cc1ccccc1)=C(C#N)C#N. The monoisotopic (exact) mass is 269 g/mol. The number of carbonyl (C=O) groups is 1. The highest BCUT2D eigenvalue weighted by Gasteiger charge is 2.07. The standard InChI is InChI=1S/C14H11N3OS/c1-19-14(12(9-15)10-16)17-13(18)8-7-11-5-3-2-4-6-11/h2-8H,1H3,(H,17,18). The Hall–Kier alpha value is -2.50. The second-order valence-electron chi connectivity index (χ2n) is 3.37. The Bertz CT molecular complexity index is 575. The molecule has 1 amide bonds. The van der Waals surface area contributed by atoms with E-state index in [2.05, 4.69) is 5.32 Å². The van der Waals surface area contributed by atoms with Gasteiger partial charge < -0.3 is 5.32 Å². The zero-order chi connectivity index (χ0) is 14.1. The van der Waals surface area contributed by atoms with Crippen molar-refractivity contribution in [3.05, 3.63) is 52.6 Å². The Labute approximate surface area is 116 Å². The van der Waals surface area contributed by atoms with Crippen molar-refractivity contribution in [2.24, 2.45) is 0 Å². The van der Waals surface area contributed by atoms with Crippen molar-refractivity contribution >= 4 is 23.7 Å². The Balaban J connectivity index is 2.76. The van der Waals surface area contributed by atoms with Crippen molar-refractivity contribution in [3.63, 3.8) is 0 Å². The fourth-order valence-corrected chi connectivity index (χ4v) is 1.73. The number of amides is 1. The summed E-state index contributed by atoms with van der Waals surface area (Å²) in [6, 6.07) is 12.8. The third kappa shape index (κ3) is 4.71. The van der Waals surface area contributed by atoms with Gasteiger partial charge in [-0.15, -0.1) is 11.8 Å². The second kappa shape index (κ2) is 7.75. The lowest BCUT2D eigenvalue weighted by atomic mass is 10.2. The van der Waals surface area contributed by atoms with Crippen LogP contribution in [0.15, 0.2) is 47.0 Å². The number of hydrogen-bond donors (Lipinski definition) is 1. The maximum atomic E-state index is 11.7. The van der Waals surface area contributed by atoms with Crippen molar-refractivity contribution in [2.75, 3.05) is 6.26 Å². The number of thioether (sulfide) groups is 1. The fraction of sp³-hybridized carbons (Fsp3) is 0.0714. The first-order chi connectivity index (χ1) is 9.21. The highest BCUT2D eigenvalue weighted by molar-refractivity contribution is 8.02. The molecule has 0 saturated heterocycles. The number of nitrogens with zero attached hydrogens (tertiary/aromatic N) is 2. The van der Waals surface area contributed by atoms with Gasteiger partial charge in [0, 0.05) is 6.08 Å². The lowest BCUT2D eigenvalue weighted by molar-refractivity contribution is -0.115. The number of allylic oxidation sites excluding steroid dienone is 1. The minimum atomic E-state index is -0.379. The van der Waals surface area contributed by atoms with Crippen LogP contribution in [-0.2, 0) is 4.79 Å². The molecule has 0 fully saturated rings. The van der Waals surface area contributed by atoms with Crippen LogP contribution >= 0.6 is 11.8 Å². The molecule has 0 aliphatic heterocycles. The smallest absolute Gasteiger partial charge is 0.248 e. The van der Waals surface area contributed by atoms with E-state index in [0.29, 0.717) is 0 Å². The van der Waals surface area contributed by atoms with Crippen LogP contribution in [0.5, 0.6) is 0 Å². The highest BCUT2D eigenvalue weighted by Crippen LogP contribution is 2.12. The van der Waals surface area contributed by atoms with Crippen LogP contribution in [-0.4, -0.2) is 12.2 Å². The minimum absolute atomic E-state index is 0.103. The summed E-state index contributed by atoms with van der Waals surface area (Å²) in [5.74, 6) is -0.379. The molecule has 4 nitrogen and oxygen atoms in total. The molecular weight excluding hydrogens is 258 g/mol. The van der Waals surface area contributed by atoms with E-state index in [1.54, 1.807) is 24.5 Å². The molecule has 1 N–H and O–H groups in total. The normalized spacial score (nSPS) is 9.42. The van der Waals surface area contributed by atoms with Crippen molar-refractivity contribution in [1.82, 2.24) is 5.32 Å². The molecule has 0 atom stereocenters. The van der Waals surface area contributed by atoms with E-state index >= 15 is 0 Å². The summed E-state index contributed by atoms with van der Waals surface area (Å²) >= 11 is 1.15. The van der Waals surface area contributed by atoms with Gasteiger partial charge in [-0.25, -0.2) is 0 Å². The molecule has 0 unspecified atom stereocenters. The van der Waals surface area contributed by atoms with Gasteiger partial charge in [0.25, 0.3) is 0 Å². The molecule has 0 spiro atoms. The summed E-state index contributed by atoms with van der Waals surface area (Å²) in [6.07, 6.45) is 4.70. The van der Waals surface area contributed by atoms with E-state index < -0.39 is 0 Å². The van der Waals surface area contributed by atoms with E-state index in [-0.39, 0.29) is 16.5 Å². The average molecular weight is 269 g/mol. The van der Waals surface area contributed by atoms with E-state index in [1.165, 1.54) is 6.08 Å². The molecule has 0 heterocycles. The largest absolute Gasteiger partial charge is 0.315 e. The van der Waals surface area contributed by atoms with Gasteiger partial charge in [-0.1, -0.05) is 30.3 Å². The van der Waals surface area contributed by atoms with Gasteiger partial charge in [0.15, 0.2) is 5.57 Å². The lowest BCUT2D eigenvalue weighted by Crippen LogP contribution is -2.19. The third-order valence-electron chi connectivity index (χ3n) is 2.12. The predicted molar refractivity (Wildman–Crippen MR) is 75.4 cm³/mol. The molecule has 5 heteroatoms. The van der Waals surface area contributed by atoms with E-state index in [4.69, 9.17) is 10.5 Å². The first kappa shape index (κ1) is 14.6. The van der Waals surface area contributed by atoms with Crippen molar-refractivity contribution in [2.45, 2.75) is 0 Å². The zero-order valence-electron chi connectivity index (χ0n) is 10.3. The summed E-state index contributed by atoms with van der Waals surface area (Å²) in [6.45, 7) is 0. The molecule has 0 aromatic heterocycles. The number of nitriles is 2. The van der Waals surface area contributed by atoms with Crippen molar-refractivity contribution in [1.29, 1.82) is 10.5 Å². The van der Waals surface area contributed by atoms with Crippen LogP contribution < -0.4 is 5.32 Å². The van der Waals surface area contributed by atoms with Gasteiger partial charge >= 0.3 is 0 Å². The number of benzene rings is 1. The topological polar surface area (TPSA) is 76.7 Å². The molecule has 0 aliphatic rings. The van der Waals surface area contributed by atoms with Crippen molar-refractivity contribution in [3.8, 4) is 12.1 Å². The third-order valence-corrected chi connectivity index (χ3v) is 2.83. The van der Waals surface area contributed by atoms with Gasteiger partial charge in [0.05, 0.1) is 0 Å². The Morgan fingerprint density at radius 2 is 1.89 bits per heavy atom. The van der Waals surface area contributed by atoms with E-state index in [0.717, 1.165) is 17.3 Å². The average Bonchev–Trinajstić information content (AvgIpc) is 2.46. The Kier molecular flexibility index (Phi) is 5.94. The van der Waals surface area contributed by atoms with E-state index in [1.807, 2.05) is 30.3 Å². The van der Waals surface area contributed by atoms with Crippen LogP contribution in [0, 0.1) is 22.7 Å². The Morgan fingerprint density at radius 1 is 1.26 bits per heavy atom. The van der Waals surface area contributed by atoms with Crippen molar-refractivity contribution < 1.29 is 4.79 Å². The summed E-state index contributed by atoms with van der Waals surface area (Å²) in [5.41, 5.74) is 0.794. The second-order valence-corrected chi connectivity index (χ2v) is 4.18. The van der Waals surface area contributed by atoms with Crippen LogP contribution in [0.1, 0.15) is 5.56 Å². The van der Waals surface area contributed by atoms with Crippen LogP contribution in [0.25, 0.3) is 6.08 Å². The quantitative estimate of drug-likeness (QED) is 0.672. The maximum Gasteiger partial charge on any atom is 0.248 e. The van der Waals surface area contributed by atoms with Gasteiger partial charge in [0.2, 0.25) is 5.91 Å². The van der Waals surface area contributed by atoms with Crippen LogP contribution in [0.4, 0.5) is 0 Å². The number of hydrogen-bond acceptors (Lipinski definition) is 4. The molecule has 0 aliphatic carbocycles. The predicted octanol–water partition coefficient (Wildman–Crippen LogP) is 2.44. The Morgan fingerprint density at radius 3 is 2.42 bits per heavy atom. The molecule has 0 bridgehead atoms. The zero-order valence-corrected chi connectivity index (χ0v) is 11.1. The first-order valence-electron chi connectivity index (χ1n) is 5.34. The molecule has 19 heavy (non-hydrogen) atoms. The van der Waals surface area contributed by atoms with Gasteiger partial charge in [0.1, 0.15) is 17.2 Å². The molecule has 1 aromatic rings. The van der Waals surface area contributed by atoms with E-state index in [9.17, 15) is 4.79 Å². The van der Waals surface area contributed by atoms with Gasteiger partial charge in [-0.05, 0) is 17.9 Å². The molecule has 1 rings (SSSR count). The number of nitrogens with one attached hydrogen (secondary N) is 1.